The van der Waals surface area contributed by atoms with Crippen LogP contribution in [0.1, 0.15) is 23.6 Å². The number of ether oxygens (including phenoxy) is 1. The molecule has 25 heavy (non-hydrogen) atoms. The third-order valence-electron chi connectivity index (χ3n) is 3.76. The van der Waals surface area contributed by atoms with Crippen molar-refractivity contribution in [3.63, 3.8) is 0 Å². The Hall–Kier alpha value is -2.53. The Kier molecular flexibility index (Phi) is 6.42. The van der Waals surface area contributed by atoms with Gasteiger partial charge in [0, 0.05) is 5.02 Å². The van der Waals surface area contributed by atoms with E-state index < -0.39 is 12.0 Å². The SMILES string of the molecule is Cc1ccc(OC(C)C(=O)NNC(=O)Cc2ccc(Cl)cc2)cc1C. The Morgan fingerprint density at radius 3 is 2.36 bits per heavy atom. The molecule has 1 unspecified atom stereocenters. The molecule has 2 aromatic rings. The van der Waals surface area contributed by atoms with Crippen molar-refractivity contribution in [2.45, 2.75) is 33.3 Å². The van der Waals surface area contributed by atoms with Gasteiger partial charge in [0.2, 0.25) is 5.91 Å². The van der Waals surface area contributed by atoms with Gasteiger partial charge < -0.3 is 4.74 Å². The molecular formula is C19H21ClN2O3. The number of hydrogen-bond acceptors (Lipinski definition) is 3. The molecule has 0 saturated carbocycles. The van der Waals surface area contributed by atoms with E-state index in [4.69, 9.17) is 16.3 Å². The first-order valence-electron chi connectivity index (χ1n) is 7.92. The molecule has 0 aliphatic rings. The molecule has 0 aromatic heterocycles. The number of hydrogen-bond donors (Lipinski definition) is 2. The minimum atomic E-state index is -0.738. The molecule has 0 aliphatic carbocycles. The fraction of sp³-hybridized carbons (Fsp3) is 0.263. The van der Waals surface area contributed by atoms with Crippen LogP contribution in [0.3, 0.4) is 0 Å². The smallest absolute Gasteiger partial charge is 0.279 e. The standard InChI is InChI=1S/C19H21ClN2O3/c1-12-4-9-17(10-13(12)2)25-14(3)19(24)22-21-18(23)11-15-5-7-16(20)8-6-15/h4-10,14H,11H2,1-3H3,(H,21,23)(H,22,24). The van der Waals surface area contributed by atoms with Crippen molar-refractivity contribution in [1.82, 2.24) is 10.9 Å². The molecular weight excluding hydrogens is 340 g/mol. The fourth-order valence-electron chi connectivity index (χ4n) is 2.11. The lowest BCUT2D eigenvalue weighted by atomic mass is 10.1. The monoisotopic (exact) mass is 360 g/mol. The molecule has 132 valence electrons. The third-order valence-corrected chi connectivity index (χ3v) is 4.02. The van der Waals surface area contributed by atoms with Crippen molar-refractivity contribution < 1.29 is 14.3 Å². The van der Waals surface area contributed by atoms with Crippen molar-refractivity contribution in [1.29, 1.82) is 0 Å². The van der Waals surface area contributed by atoms with E-state index in [0.29, 0.717) is 10.8 Å². The van der Waals surface area contributed by atoms with Crippen molar-refractivity contribution in [2.24, 2.45) is 0 Å². The minimum Gasteiger partial charge on any atom is -0.481 e. The van der Waals surface area contributed by atoms with Crippen molar-refractivity contribution >= 4 is 23.4 Å². The van der Waals surface area contributed by atoms with E-state index in [0.717, 1.165) is 16.7 Å². The van der Waals surface area contributed by atoms with Crippen molar-refractivity contribution in [2.75, 3.05) is 0 Å². The second kappa shape index (κ2) is 8.53. The number of carbonyl (C=O) groups excluding carboxylic acids is 2. The predicted molar refractivity (Wildman–Crippen MR) is 97.4 cm³/mol. The van der Waals surface area contributed by atoms with Gasteiger partial charge in [-0.15, -0.1) is 0 Å². The first-order chi connectivity index (χ1) is 11.8. The van der Waals surface area contributed by atoms with E-state index in [1.807, 2.05) is 32.0 Å². The summed E-state index contributed by atoms with van der Waals surface area (Å²) in [5.74, 6) is -0.144. The normalized spacial score (nSPS) is 11.5. The van der Waals surface area contributed by atoms with Crippen LogP contribution in [0.15, 0.2) is 42.5 Å². The molecule has 5 nitrogen and oxygen atoms in total. The van der Waals surface area contributed by atoms with Gasteiger partial charge in [0.1, 0.15) is 5.75 Å². The average Bonchev–Trinajstić information content (AvgIpc) is 2.58. The summed E-state index contributed by atoms with van der Waals surface area (Å²) in [5.41, 5.74) is 7.79. The molecule has 2 N–H and O–H groups in total. The third kappa shape index (κ3) is 5.80. The van der Waals surface area contributed by atoms with Crippen LogP contribution >= 0.6 is 11.6 Å². The van der Waals surface area contributed by atoms with Crippen LogP contribution in [-0.4, -0.2) is 17.9 Å². The Morgan fingerprint density at radius 2 is 1.72 bits per heavy atom. The largest absolute Gasteiger partial charge is 0.481 e. The van der Waals surface area contributed by atoms with Gasteiger partial charge in [0.15, 0.2) is 6.10 Å². The Bertz CT molecular complexity index is 760. The van der Waals surface area contributed by atoms with E-state index in [-0.39, 0.29) is 12.3 Å². The molecule has 2 aromatic carbocycles. The van der Waals surface area contributed by atoms with Gasteiger partial charge in [0.05, 0.1) is 6.42 Å². The van der Waals surface area contributed by atoms with Gasteiger partial charge in [-0.05, 0) is 61.7 Å². The summed E-state index contributed by atoms with van der Waals surface area (Å²) in [7, 11) is 0. The number of aryl methyl sites for hydroxylation is 2. The molecule has 0 aliphatic heterocycles. The van der Waals surface area contributed by atoms with E-state index in [1.165, 1.54) is 0 Å². The summed E-state index contributed by atoms with van der Waals surface area (Å²) in [4.78, 5) is 23.9. The highest BCUT2D eigenvalue weighted by Gasteiger charge is 2.15. The first kappa shape index (κ1) is 18.8. The highest BCUT2D eigenvalue weighted by molar-refractivity contribution is 6.30. The lowest BCUT2D eigenvalue weighted by molar-refractivity contribution is -0.132. The number of hydrazine groups is 1. The molecule has 2 rings (SSSR count). The molecule has 1 atom stereocenters. The Balaban J connectivity index is 1.81. The summed E-state index contributed by atoms with van der Waals surface area (Å²) in [6, 6.07) is 12.6. The zero-order chi connectivity index (χ0) is 18.4. The highest BCUT2D eigenvalue weighted by Crippen LogP contribution is 2.17. The van der Waals surface area contributed by atoms with Gasteiger partial charge in [-0.2, -0.15) is 0 Å². The number of carbonyl (C=O) groups is 2. The van der Waals surface area contributed by atoms with Crippen molar-refractivity contribution in [3.05, 3.63) is 64.2 Å². The van der Waals surface area contributed by atoms with Gasteiger partial charge in [-0.1, -0.05) is 29.8 Å². The fourth-order valence-corrected chi connectivity index (χ4v) is 2.24. The summed E-state index contributed by atoms with van der Waals surface area (Å²) < 4.78 is 5.60. The number of amides is 2. The molecule has 0 fully saturated rings. The number of benzene rings is 2. The van der Waals surface area contributed by atoms with Gasteiger partial charge in [-0.25, -0.2) is 0 Å². The van der Waals surface area contributed by atoms with Crippen LogP contribution in [0, 0.1) is 13.8 Å². The topological polar surface area (TPSA) is 67.4 Å². The highest BCUT2D eigenvalue weighted by atomic mass is 35.5. The molecule has 2 amide bonds. The van der Waals surface area contributed by atoms with E-state index in [1.54, 1.807) is 31.2 Å². The Morgan fingerprint density at radius 1 is 1.04 bits per heavy atom. The quantitative estimate of drug-likeness (QED) is 0.805. The zero-order valence-electron chi connectivity index (χ0n) is 14.4. The summed E-state index contributed by atoms with van der Waals surface area (Å²) in [6.07, 6.45) is -0.595. The van der Waals surface area contributed by atoms with Crippen molar-refractivity contribution in [3.8, 4) is 5.75 Å². The maximum Gasteiger partial charge on any atom is 0.279 e. The number of nitrogens with one attached hydrogen (secondary N) is 2. The summed E-state index contributed by atoms with van der Waals surface area (Å²) in [5, 5.41) is 0.606. The molecule has 6 heteroatoms. The van der Waals surface area contributed by atoms with E-state index in [9.17, 15) is 9.59 Å². The predicted octanol–water partition coefficient (Wildman–Crippen LogP) is 3.11. The van der Waals surface area contributed by atoms with Crippen LogP contribution in [0.4, 0.5) is 0 Å². The molecule has 0 radical (unpaired) electrons. The second-order valence-corrected chi connectivity index (χ2v) is 6.28. The lowest BCUT2D eigenvalue weighted by Crippen LogP contribution is -2.47. The van der Waals surface area contributed by atoms with E-state index >= 15 is 0 Å². The van der Waals surface area contributed by atoms with Crippen LogP contribution in [-0.2, 0) is 16.0 Å². The summed E-state index contributed by atoms with van der Waals surface area (Å²) >= 11 is 5.80. The lowest BCUT2D eigenvalue weighted by Gasteiger charge is -2.16. The van der Waals surface area contributed by atoms with Gasteiger partial charge in [0.25, 0.3) is 5.91 Å². The summed E-state index contributed by atoms with van der Waals surface area (Å²) in [6.45, 7) is 5.60. The molecule has 0 spiro atoms. The molecule has 0 saturated heterocycles. The van der Waals surface area contributed by atoms with Crippen LogP contribution < -0.4 is 15.6 Å². The van der Waals surface area contributed by atoms with Crippen LogP contribution in [0.25, 0.3) is 0 Å². The van der Waals surface area contributed by atoms with Gasteiger partial charge >= 0.3 is 0 Å². The Labute approximate surface area is 152 Å². The van der Waals surface area contributed by atoms with Crippen LogP contribution in [0.5, 0.6) is 5.75 Å². The number of rotatable bonds is 5. The van der Waals surface area contributed by atoms with Crippen LogP contribution in [0.2, 0.25) is 5.02 Å². The number of halogens is 1. The molecule has 0 bridgehead atoms. The molecule has 0 heterocycles. The average molecular weight is 361 g/mol. The first-order valence-corrected chi connectivity index (χ1v) is 8.30. The maximum atomic E-state index is 12.0. The minimum absolute atomic E-state index is 0.143. The second-order valence-electron chi connectivity index (χ2n) is 5.85. The zero-order valence-corrected chi connectivity index (χ0v) is 15.2. The maximum absolute atomic E-state index is 12.0. The van der Waals surface area contributed by atoms with E-state index in [2.05, 4.69) is 10.9 Å². The van der Waals surface area contributed by atoms with Gasteiger partial charge in [-0.3, -0.25) is 20.4 Å².